The number of ether oxygens (including phenoxy) is 1. The van der Waals surface area contributed by atoms with Crippen molar-refractivity contribution in [2.45, 2.75) is 16.1 Å². The second-order valence-corrected chi connectivity index (χ2v) is 12.0. The first kappa shape index (κ1) is 27.9. The lowest BCUT2D eigenvalue weighted by Crippen LogP contribution is -2.29. The van der Waals surface area contributed by atoms with Crippen LogP contribution in [0.4, 0.5) is 9.52 Å². The Morgan fingerprint density at radius 3 is 2.57 bits per heavy atom. The summed E-state index contributed by atoms with van der Waals surface area (Å²) in [6, 6.07) is 23.5. The van der Waals surface area contributed by atoms with Crippen molar-refractivity contribution >= 4 is 68.1 Å². The van der Waals surface area contributed by atoms with Crippen LogP contribution >= 0.6 is 34.7 Å². The number of methoxy groups -OCH3 is 1. The number of Topliss-reactive ketones (excluding diaryl/α,β-unsaturated/α-hetero) is 1. The molecule has 0 radical (unpaired) electrons. The van der Waals surface area contributed by atoms with Crippen molar-refractivity contribution in [1.29, 1.82) is 0 Å². The lowest BCUT2D eigenvalue weighted by atomic mass is 9.95. The smallest absolute Gasteiger partial charge is 0.301 e. The number of nitrogens with zero attached hydrogens (tertiary/aromatic N) is 3. The van der Waals surface area contributed by atoms with Crippen LogP contribution in [-0.4, -0.2) is 34.1 Å². The predicted octanol–water partition coefficient (Wildman–Crippen LogP) is 7.41. The summed E-state index contributed by atoms with van der Waals surface area (Å²) in [5.74, 6) is -2.46. The number of aliphatic hydroxyl groups is 1. The van der Waals surface area contributed by atoms with Crippen LogP contribution in [0.5, 0.6) is 5.75 Å². The van der Waals surface area contributed by atoms with Crippen molar-refractivity contribution in [3.8, 4) is 5.75 Å². The van der Waals surface area contributed by atoms with Gasteiger partial charge in [0.15, 0.2) is 15.9 Å². The van der Waals surface area contributed by atoms with Crippen molar-refractivity contribution in [3.63, 3.8) is 0 Å². The third kappa shape index (κ3) is 5.13. The molecule has 11 heteroatoms. The second kappa shape index (κ2) is 11.6. The number of thioether (sulfide) groups is 1. The van der Waals surface area contributed by atoms with Gasteiger partial charge in [-0.1, -0.05) is 89.3 Å². The molecular formula is C31H21ClFN3O4S2. The molecule has 0 aliphatic carbocycles. The summed E-state index contributed by atoms with van der Waals surface area (Å²) < 4.78 is 20.1. The summed E-state index contributed by atoms with van der Waals surface area (Å²) in [6.07, 6.45) is 0. The van der Waals surface area contributed by atoms with Crippen molar-refractivity contribution in [3.05, 3.63) is 118 Å². The number of carbonyl (C=O) groups excluding carboxylic acids is 2. The molecule has 210 valence electrons. The van der Waals surface area contributed by atoms with E-state index in [9.17, 15) is 19.1 Å². The molecule has 42 heavy (non-hydrogen) atoms. The Kier molecular flexibility index (Phi) is 7.68. The van der Waals surface area contributed by atoms with Gasteiger partial charge in [0.1, 0.15) is 5.76 Å². The summed E-state index contributed by atoms with van der Waals surface area (Å²) in [5.41, 5.74) is 1.46. The van der Waals surface area contributed by atoms with Gasteiger partial charge in [-0.15, -0.1) is 10.2 Å². The van der Waals surface area contributed by atoms with Gasteiger partial charge < -0.3 is 9.84 Å². The fourth-order valence-electron chi connectivity index (χ4n) is 4.88. The number of aromatic nitrogens is 2. The summed E-state index contributed by atoms with van der Waals surface area (Å²) in [5, 5.41) is 22.7. The molecule has 2 heterocycles. The first-order valence-corrected chi connectivity index (χ1v) is 14.9. The Balaban J connectivity index is 1.37. The molecular weight excluding hydrogens is 597 g/mol. The van der Waals surface area contributed by atoms with Crippen molar-refractivity contribution in [1.82, 2.24) is 10.2 Å². The number of ketones is 1. The van der Waals surface area contributed by atoms with E-state index in [0.717, 1.165) is 22.4 Å². The SMILES string of the molecule is COc1ccc(/C(O)=C2\C(=O)C(=O)N(c3nnc(SCc4cccc5ccccc45)s3)C2c2ccc(Cl)cc2)cc1F. The third-order valence-electron chi connectivity index (χ3n) is 6.89. The lowest BCUT2D eigenvalue weighted by molar-refractivity contribution is -0.132. The monoisotopic (exact) mass is 617 g/mol. The van der Waals surface area contributed by atoms with Crippen LogP contribution in [0, 0.1) is 5.82 Å². The molecule has 1 aliphatic rings. The number of rotatable bonds is 7. The second-order valence-electron chi connectivity index (χ2n) is 9.35. The van der Waals surface area contributed by atoms with Crippen LogP contribution < -0.4 is 9.64 Å². The summed E-state index contributed by atoms with van der Waals surface area (Å²) >= 11 is 8.74. The van der Waals surface area contributed by atoms with Gasteiger partial charge in [-0.2, -0.15) is 0 Å². The average Bonchev–Trinajstić information content (AvgIpc) is 3.57. The van der Waals surface area contributed by atoms with Gasteiger partial charge in [0.25, 0.3) is 5.78 Å². The van der Waals surface area contributed by atoms with Crippen LogP contribution in [0.25, 0.3) is 16.5 Å². The van der Waals surface area contributed by atoms with E-state index in [1.807, 2.05) is 18.2 Å². The topological polar surface area (TPSA) is 92.6 Å². The molecule has 1 atom stereocenters. The molecule has 7 nitrogen and oxygen atoms in total. The van der Waals surface area contributed by atoms with E-state index in [4.69, 9.17) is 16.3 Å². The van der Waals surface area contributed by atoms with E-state index < -0.39 is 29.3 Å². The molecule has 1 aromatic heterocycles. The standard InChI is InChI=1S/C31H21ClFN3O4S2/c1-40-24-14-11-19(15-23(24)33)27(37)25-26(18-9-12-21(32)13-10-18)36(29(39)28(25)38)30-34-35-31(42-30)41-16-20-7-4-6-17-5-2-3-8-22(17)20/h2-15,26,37H,16H2,1H3/b27-25+. The molecule has 1 unspecified atom stereocenters. The first-order valence-electron chi connectivity index (χ1n) is 12.7. The number of carbonyl (C=O) groups is 2. The number of halogens is 2. The van der Waals surface area contributed by atoms with Crippen LogP contribution in [0.1, 0.15) is 22.7 Å². The molecule has 1 saturated heterocycles. The maximum atomic E-state index is 14.5. The maximum absolute atomic E-state index is 14.5. The van der Waals surface area contributed by atoms with Gasteiger partial charge >= 0.3 is 5.91 Å². The number of hydrogen-bond acceptors (Lipinski definition) is 8. The summed E-state index contributed by atoms with van der Waals surface area (Å²) in [6.45, 7) is 0. The molecule has 1 aliphatic heterocycles. The molecule has 0 spiro atoms. The minimum atomic E-state index is -1.05. The van der Waals surface area contributed by atoms with Crippen LogP contribution in [0.15, 0.2) is 94.8 Å². The van der Waals surface area contributed by atoms with Crippen LogP contribution in [0.3, 0.4) is 0 Å². The van der Waals surface area contributed by atoms with Gasteiger partial charge in [0, 0.05) is 16.3 Å². The van der Waals surface area contributed by atoms with Crippen molar-refractivity contribution in [2.75, 3.05) is 12.0 Å². The number of amides is 1. The highest BCUT2D eigenvalue weighted by Crippen LogP contribution is 2.44. The van der Waals surface area contributed by atoms with Crippen LogP contribution in [-0.2, 0) is 15.3 Å². The van der Waals surface area contributed by atoms with Gasteiger partial charge in [0.2, 0.25) is 5.13 Å². The minimum Gasteiger partial charge on any atom is -0.507 e. The number of fused-ring (bicyclic) bond motifs is 1. The average molecular weight is 618 g/mol. The van der Waals surface area contributed by atoms with Gasteiger partial charge in [-0.05, 0) is 52.2 Å². The number of anilines is 1. The first-order chi connectivity index (χ1) is 20.4. The summed E-state index contributed by atoms with van der Waals surface area (Å²) in [4.78, 5) is 28.1. The Bertz CT molecular complexity index is 1870. The molecule has 0 bridgehead atoms. The van der Waals surface area contributed by atoms with E-state index >= 15 is 0 Å². The number of hydrogen-bond donors (Lipinski definition) is 1. The van der Waals surface area contributed by atoms with Crippen LogP contribution in [0.2, 0.25) is 5.02 Å². The quantitative estimate of drug-likeness (QED) is 0.0668. The van der Waals surface area contributed by atoms with Gasteiger partial charge in [0.05, 0.1) is 18.7 Å². The van der Waals surface area contributed by atoms with E-state index in [1.165, 1.54) is 47.2 Å². The summed E-state index contributed by atoms with van der Waals surface area (Å²) in [7, 11) is 1.32. The Labute approximate surface area is 253 Å². The molecule has 4 aromatic carbocycles. The van der Waals surface area contributed by atoms with Crippen molar-refractivity contribution in [2.24, 2.45) is 0 Å². The van der Waals surface area contributed by atoms with Crippen molar-refractivity contribution < 1.29 is 23.8 Å². The van der Waals surface area contributed by atoms with Gasteiger partial charge in [-0.3, -0.25) is 14.5 Å². The highest BCUT2D eigenvalue weighted by molar-refractivity contribution is 8.00. The molecule has 1 amide bonds. The molecule has 6 rings (SSSR count). The normalized spacial score (nSPS) is 16.4. The molecule has 1 N–H and O–H groups in total. The largest absolute Gasteiger partial charge is 0.507 e. The highest BCUT2D eigenvalue weighted by atomic mass is 35.5. The molecule has 5 aromatic rings. The lowest BCUT2D eigenvalue weighted by Gasteiger charge is -2.22. The van der Waals surface area contributed by atoms with E-state index in [-0.39, 0.29) is 22.0 Å². The number of aliphatic hydroxyl groups excluding tert-OH is 1. The third-order valence-corrected chi connectivity index (χ3v) is 9.25. The Morgan fingerprint density at radius 2 is 1.81 bits per heavy atom. The maximum Gasteiger partial charge on any atom is 0.301 e. The Hall–Kier alpha value is -4.25. The fourth-order valence-corrected chi connectivity index (χ4v) is 6.87. The highest BCUT2D eigenvalue weighted by Gasteiger charge is 2.48. The number of benzene rings is 4. The zero-order chi connectivity index (χ0) is 29.4. The molecule has 1 fully saturated rings. The van der Waals surface area contributed by atoms with Gasteiger partial charge in [-0.25, -0.2) is 4.39 Å². The molecule has 0 saturated carbocycles. The minimum absolute atomic E-state index is 0.0221. The van der Waals surface area contributed by atoms with E-state index in [0.29, 0.717) is 20.7 Å². The fraction of sp³-hybridized carbons (Fsp3) is 0.0968. The Morgan fingerprint density at radius 1 is 1.05 bits per heavy atom. The van der Waals surface area contributed by atoms with E-state index in [1.54, 1.807) is 24.3 Å². The van der Waals surface area contributed by atoms with E-state index in [2.05, 4.69) is 34.5 Å². The zero-order valence-electron chi connectivity index (χ0n) is 22.0. The predicted molar refractivity (Wildman–Crippen MR) is 163 cm³/mol. The zero-order valence-corrected chi connectivity index (χ0v) is 24.3.